The molecule has 1 aliphatic heterocycles. The second-order valence-corrected chi connectivity index (χ2v) is 6.33. The van der Waals surface area contributed by atoms with E-state index in [4.69, 9.17) is 5.73 Å². The van der Waals surface area contributed by atoms with Gasteiger partial charge in [0, 0.05) is 18.0 Å². The number of nitrogens with zero attached hydrogens (tertiary/aromatic N) is 1. The fraction of sp³-hybridized carbons (Fsp3) is 0.533. The number of benzene rings is 1. The van der Waals surface area contributed by atoms with Crippen molar-refractivity contribution in [1.82, 2.24) is 4.90 Å². The van der Waals surface area contributed by atoms with E-state index in [1.165, 1.54) is 17.0 Å². The van der Waals surface area contributed by atoms with Crippen LogP contribution in [0.15, 0.2) is 24.3 Å². The summed E-state index contributed by atoms with van der Waals surface area (Å²) in [7, 11) is 0. The van der Waals surface area contributed by atoms with E-state index in [1.54, 1.807) is 26.8 Å². The Bertz CT molecular complexity index is 549. The molecule has 1 aromatic rings. The highest BCUT2D eigenvalue weighted by atomic mass is 19.4. The van der Waals surface area contributed by atoms with Crippen LogP contribution in [0, 0.1) is 0 Å². The predicted molar refractivity (Wildman–Crippen MR) is 73.4 cm³/mol. The lowest BCUT2D eigenvalue weighted by molar-refractivity contribution is -0.141. The Morgan fingerprint density at radius 3 is 2.29 bits per heavy atom. The van der Waals surface area contributed by atoms with Crippen LogP contribution >= 0.6 is 0 Å². The third-order valence-electron chi connectivity index (χ3n) is 3.67. The molecule has 0 saturated carbocycles. The molecule has 1 heterocycles. The van der Waals surface area contributed by atoms with Crippen molar-refractivity contribution in [3.05, 3.63) is 35.4 Å². The Morgan fingerprint density at radius 2 is 1.76 bits per heavy atom. The summed E-state index contributed by atoms with van der Waals surface area (Å²) in [5.41, 5.74) is 4.72. The van der Waals surface area contributed by atoms with Gasteiger partial charge < -0.3 is 10.6 Å². The van der Waals surface area contributed by atoms with Crippen LogP contribution in [-0.2, 0) is 11.0 Å². The average Bonchev–Trinajstić information content (AvgIpc) is 2.62. The van der Waals surface area contributed by atoms with Crippen molar-refractivity contribution in [2.45, 2.75) is 51.0 Å². The summed E-state index contributed by atoms with van der Waals surface area (Å²) in [5, 5.41) is 0. The van der Waals surface area contributed by atoms with Crippen molar-refractivity contribution in [2.24, 2.45) is 5.73 Å². The lowest BCUT2D eigenvalue weighted by atomic mass is 9.93. The number of halogens is 3. The molecule has 2 rings (SSSR count). The molecule has 116 valence electrons. The van der Waals surface area contributed by atoms with Gasteiger partial charge in [0.05, 0.1) is 11.6 Å². The number of rotatable bonds is 1. The Hall–Kier alpha value is -1.56. The van der Waals surface area contributed by atoms with Crippen LogP contribution in [0.3, 0.4) is 0 Å². The molecular formula is C15H19F3N2O. The Balaban J connectivity index is 2.57. The molecule has 1 saturated heterocycles. The quantitative estimate of drug-likeness (QED) is 0.866. The first-order valence-corrected chi connectivity index (χ1v) is 6.77. The minimum atomic E-state index is -4.47. The minimum Gasteiger partial charge on any atom is -0.329 e. The maximum absolute atomic E-state index is 13.2. The normalized spacial score (nSPS) is 23.8. The number of amides is 1. The summed E-state index contributed by atoms with van der Waals surface area (Å²) in [6.45, 7) is 5.39. The van der Waals surface area contributed by atoms with E-state index < -0.39 is 29.4 Å². The third kappa shape index (κ3) is 2.90. The molecule has 0 aromatic heterocycles. The number of carbonyl (C=O) groups excluding carboxylic acids is 1. The van der Waals surface area contributed by atoms with Gasteiger partial charge >= 0.3 is 6.18 Å². The molecule has 2 N–H and O–H groups in total. The number of nitrogens with two attached hydrogens (primary N) is 1. The zero-order valence-corrected chi connectivity index (χ0v) is 12.2. The first-order chi connectivity index (χ1) is 9.53. The van der Waals surface area contributed by atoms with Crippen molar-refractivity contribution in [2.75, 3.05) is 0 Å². The van der Waals surface area contributed by atoms with Gasteiger partial charge in [-0.15, -0.1) is 0 Å². The van der Waals surface area contributed by atoms with Crippen molar-refractivity contribution >= 4 is 5.91 Å². The largest absolute Gasteiger partial charge is 0.416 e. The van der Waals surface area contributed by atoms with E-state index in [-0.39, 0.29) is 17.9 Å². The van der Waals surface area contributed by atoms with Crippen LogP contribution in [0.1, 0.15) is 44.4 Å². The van der Waals surface area contributed by atoms with E-state index >= 15 is 0 Å². The fourth-order valence-corrected chi connectivity index (χ4v) is 2.93. The molecule has 0 aliphatic carbocycles. The van der Waals surface area contributed by atoms with Crippen molar-refractivity contribution < 1.29 is 18.0 Å². The number of likely N-dealkylation sites (tertiary alicyclic amines) is 1. The molecule has 0 radical (unpaired) electrons. The molecule has 1 amide bonds. The van der Waals surface area contributed by atoms with Crippen LogP contribution < -0.4 is 5.73 Å². The second kappa shape index (κ2) is 5.02. The van der Waals surface area contributed by atoms with Gasteiger partial charge in [0.1, 0.15) is 0 Å². The maximum Gasteiger partial charge on any atom is 0.416 e. The van der Waals surface area contributed by atoms with Gasteiger partial charge in [0.25, 0.3) is 0 Å². The topological polar surface area (TPSA) is 46.3 Å². The fourth-order valence-electron chi connectivity index (χ4n) is 2.93. The summed E-state index contributed by atoms with van der Waals surface area (Å²) in [5.74, 6) is -0.211. The summed E-state index contributed by atoms with van der Waals surface area (Å²) in [6.07, 6.45) is -4.40. The molecule has 3 nitrogen and oxygen atoms in total. The minimum absolute atomic E-state index is 0.0636. The Labute approximate surface area is 121 Å². The Kier molecular flexibility index (Phi) is 3.78. The van der Waals surface area contributed by atoms with Gasteiger partial charge in [-0.3, -0.25) is 4.79 Å². The van der Waals surface area contributed by atoms with Crippen molar-refractivity contribution in [3.8, 4) is 0 Å². The molecule has 6 heteroatoms. The van der Waals surface area contributed by atoms with Crippen molar-refractivity contribution in [1.29, 1.82) is 0 Å². The van der Waals surface area contributed by atoms with Gasteiger partial charge in [-0.05, 0) is 32.4 Å². The smallest absolute Gasteiger partial charge is 0.329 e. The molecule has 1 fully saturated rings. The number of alkyl halides is 3. The van der Waals surface area contributed by atoms with Crippen LogP contribution in [0.2, 0.25) is 0 Å². The van der Waals surface area contributed by atoms with Gasteiger partial charge in [-0.25, -0.2) is 0 Å². The maximum atomic E-state index is 13.2. The highest BCUT2D eigenvalue weighted by Crippen LogP contribution is 2.42. The number of carbonyl (C=O) groups is 1. The monoisotopic (exact) mass is 300 g/mol. The van der Waals surface area contributed by atoms with Crippen LogP contribution in [0.5, 0.6) is 0 Å². The molecule has 0 spiro atoms. The van der Waals surface area contributed by atoms with E-state index in [2.05, 4.69) is 0 Å². The summed E-state index contributed by atoms with van der Waals surface area (Å²) < 4.78 is 39.6. The highest BCUT2D eigenvalue weighted by Gasteiger charge is 2.47. The van der Waals surface area contributed by atoms with Crippen molar-refractivity contribution in [3.63, 3.8) is 0 Å². The zero-order chi connectivity index (χ0) is 16.0. The van der Waals surface area contributed by atoms with E-state index in [0.29, 0.717) is 0 Å². The molecule has 21 heavy (non-hydrogen) atoms. The first kappa shape index (κ1) is 15.8. The van der Waals surface area contributed by atoms with E-state index in [9.17, 15) is 18.0 Å². The lowest BCUT2D eigenvalue weighted by Crippen LogP contribution is -2.46. The van der Waals surface area contributed by atoms with E-state index in [1.807, 2.05) is 0 Å². The SMILES string of the molecule is CC(C)(C)N1C(=O)CC(N)C1c1ccccc1C(F)(F)F. The molecular weight excluding hydrogens is 281 g/mol. The summed E-state index contributed by atoms with van der Waals surface area (Å²) in [4.78, 5) is 13.6. The number of hydrogen-bond acceptors (Lipinski definition) is 2. The van der Waals surface area contributed by atoms with Crippen LogP contribution in [-0.4, -0.2) is 22.4 Å². The molecule has 1 aliphatic rings. The van der Waals surface area contributed by atoms with Gasteiger partial charge in [0.2, 0.25) is 5.91 Å². The van der Waals surface area contributed by atoms with Crippen LogP contribution in [0.25, 0.3) is 0 Å². The standard InChI is InChI=1S/C15H19F3N2O/c1-14(2,3)20-12(21)8-11(19)13(20)9-6-4-5-7-10(9)15(16,17)18/h4-7,11,13H,8,19H2,1-3H3. The van der Waals surface area contributed by atoms with Gasteiger partial charge in [-0.2, -0.15) is 13.2 Å². The molecule has 2 atom stereocenters. The zero-order valence-electron chi connectivity index (χ0n) is 12.2. The third-order valence-corrected chi connectivity index (χ3v) is 3.67. The Morgan fingerprint density at radius 1 is 1.19 bits per heavy atom. The molecule has 2 unspecified atom stereocenters. The van der Waals surface area contributed by atoms with Gasteiger partial charge in [-0.1, -0.05) is 18.2 Å². The first-order valence-electron chi connectivity index (χ1n) is 6.77. The summed E-state index contributed by atoms with van der Waals surface area (Å²) >= 11 is 0. The second-order valence-electron chi connectivity index (χ2n) is 6.33. The molecule has 1 aromatic carbocycles. The highest BCUT2D eigenvalue weighted by molar-refractivity contribution is 5.81. The average molecular weight is 300 g/mol. The predicted octanol–water partition coefficient (Wildman–Crippen LogP) is 3.10. The van der Waals surface area contributed by atoms with E-state index in [0.717, 1.165) is 6.07 Å². The number of hydrogen-bond donors (Lipinski definition) is 1. The lowest BCUT2D eigenvalue weighted by Gasteiger charge is -2.39. The molecule has 0 bridgehead atoms. The summed E-state index contributed by atoms with van der Waals surface area (Å²) in [6, 6.07) is 3.93. The van der Waals surface area contributed by atoms with Gasteiger partial charge in [0.15, 0.2) is 0 Å². The van der Waals surface area contributed by atoms with Crippen LogP contribution in [0.4, 0.5) is 13.2 Å².